The van der Waals surface area contributed by atoms with E-state index in [0.717, 1.165) is 12.1 Å². The number of fused-ring (bicyclic) bond motifs is 1. The van der Waals surface area contributed by atoms with Crippen molar-refractivity contribution < 1.29 is 13.6 Å². The monoisotopic (exact) mass is 269 g/mol. The van der Waals surface area contributed by atoms with Gasteiger partial charge in [-0.2, -0.15) is 0 Å². The summed E-state index contributed by atoms with van der Waals surface area (Å²) in [7, 11) is 0. The van der Waals surface area contributed by atoms with Gasteiger partial charge in [-0.3, -0.25) is 0 Å². The second-order valence-electron chi connectivity index (χ2n) is 4.82. The minimum atomic E-state index is -0.877. The Morgan fingerprint density at radius 2 is 1.89 bits per heavy atom. The van der Waals surface area contributed by atoms with E-state index >= 15 is 0 Å². The summed E-state index contributed by atoms with van der Waals surface area (Å²) < 4.78 is 26.2. The van der Waals surface area contributed by atoms with Gasteiger partial charge >= 0.3 is 6.03 Å². The molecule has 4 nitrogen and oxygen atoms in total. The normalized spacial score (nSPS) is 15.3. The molecule has 1 unspecified atom stereocenters. The van der Waals surface area contributed by atoms with Gasteiger partial charge in [-0.15, -0.1) is 0 Å². The van der Waals surface area contributed by atoms with Gasteiger partial charge in [0.15, 0.2) is 11.6 Å². The van der Waals surface area contributed by atoms with Gasteiger partial charge in [0, 0.05) is 19.1 Å². The highest BCUT2D eigenvalue weighted by Gasteiger charge is 2.25. The second-order valence-corrected chi connectivity index (χ2v) is 4.82. The summed E-state index contributed by atoms with van der Waals surface area (Å²) in [6.07, 6.45) is 0.690. The fourth-order valence-corrected chi connectivity index (χ4v) is 2.16. The molecule has 0 saturated carbocycles. The zero-order chi connectivity index (χ0) is 14.0. The maximum absolute atomic E-state index is 13.1. The van der Waals surface area contributed by atoms with E-state index < -0.39 is 11.6 Å². The summed E-state index contributed by atoms with van der Waals surface area (Å²) in [6, 6.07) is 2.05. The number of benzene rings is 1. The third-order valence-corrected chi connectivity index (χ3v) is 3.22. The number of carbonyl (C=O) groups is 1. The highest BCUT2D eigenvalue weighted by Crippen LogP contribution is 2.25. The summed E-state index contributed by atoms with van der Waals surface area (Å²) in [5.41, 5.74) is 6.72. The number of urea groups is 1. The Kier molecular flexibility index (Phi) is 3.99. The predicted octanol–water partition coefficient (Wildman–Crippen LogP) is 1.73. The Hall–Kier alpha value is -1.69. The maximum Gasteiger partial charge on any atom is 0.318 e. The van der Waals surface area contributed by atoms with E-state index in [4.69, 9.17) is 5.73 Å². The van der Waals surface area contributed by atoms with E-state index in [9.17, 15) is 13.6 Å². The highest BCUT2D eigenvalue weighted by molar-refractivity contribution is 5.75. The van der Waals surface area contributed by atoms with Crippen LogP contribution in [-0.4, -0.2) is 23.5 Å². The van der Waals surface area contributed by atoms with Gasteiger partial charge in [0.1, 0.15) is 0 Å². The smallest absolute Gasteiger partial charge is 0.318 e. The van der Waals surface area contributed by atoms with Crippen LogP contribution in [-0.2, 0) is 13.1 Å². The molecule has 3 N–H and O–H groups in total. The summed E-state index contributed by atoms with van der Waals surface area (Å²) in [6.45, 7) is 2.97. The fourth-order valence-electron chi connectivity index (χ4n) is 2.16. The molecule has 6 heteroatoms. The van der Waals surface area contributed by atoms with Crippen LogP contribution in [0.4, 0.5) is 13.6 Å². The zero-order valence-corrected chi connectivity index (χ0v) is 10.7. The van der Waals surface area contributed by atoms with E-state index in [2.05, 4.69) is 5.32 Å². The molecule has 0 aromatic heterocycles. The topological polar surface area (TPSA) is 58.4 Å². The molecule has 2 amide bonds. The van der Waals surface area contributed by atoms with Crippen molar-refractivity contribution in [3.05, 3.63) is 34.9 Å². The van der Waals surface area contributed by atoms with Gasteiger partial charge in [-0.1, -0.05) is 0 Å². The van der Waals surface area contributed by atoms with Crippen molar-refractivity contribution in [3.8, 4) is 0 Å². The first-order chi connectivity index (χ1) is 9.01. The fraction of sp³-hybridized carbons (Fsp3) is 0.462. The molecule has 0 radical (unpaired) electrons. The number of nitrogens with two attached hydrogens (primary N) is 1. The Morgan fingerprint density at radius 1 is 1.37 bits per heavy atom. The Bertz CT molecular complexity index is 462. The van der Waals surface area contributed by atoms with Crippen LogP contribution in [0.1, 0.15) is 24.5 Å². The van der Waals surface area contributed by atoms with Crippen molar-refractivity contribution in [3.63, 3.8) is 0 Å². The van der Waals surface area contributed by atoms with Crippen LogP contribution in [0.5, 0.6) is 0 Å². The largest absolute Gasteiger partial charge is 0.335 e. The molecule has 0 fully saturated rings. The second kappa shape index (κ2) is 5.52. The number of nitrogens with zero attached hydrogens (tertiary/aromatic N) is 1. The summed E-state index contributed by atoms with van der Waals surface area (Å²) in [4.78, 5) is 13.5. The summed E-state index contributed by atoms with van der Waals surface area (Å²) in [5.74, 6) is -1.75. The van der Waals surface area contributed by atoms with Gasteiger partial charge in [-0.25, -0.2) is 13.6 Å². The Morgan fingerprint density at radius 3 is 2.37 bits per heavy atom. The minimum Gasteiger partial charge on any atom is -0.335 e. The molecule has 0 saturated heterocycles. The van der Waals surface area contributed by atoms with Crippen LogP contribution in [0.3, 0.4) is 0 Å². The van der Waals surface area contributed by atoms with E-state index in [1.165, 1.54) is 4.90 Å². The van der Waals surface area contributed by atoms with E-state index in [1.54, 1.807) is 0 Å². The van der Waals surface area contributed by atoms with Crippen LogP contribution in [0, 0.1) is 11.6 Å². The van der Waals surface area contributed by atoms with E-state index in [0.29, 0.717) is 37.2 Å². The SMILES string of the molecule is CC(CCN)NC(=O)N1Cc2cc(F)c(F)cc2C1. The summed E-state index contributed by atoms with van der Waals surface area (Å²) in [5, 5.41) is 2.81. The molecule has 1 heterocycles. The third-order valence-electron chi connectivity index (χ3n) is 3.22. The van der Waals surface area contributed by atoms with Crippen molar-refractivity contribution in [2.24, 2.45) is 5.73 Å². The number of hydrogen-bond donors (Lipinski definition) is 2. The van der Waals surface area contributed by atoms with Crippen molar-refractivity contribution in [2.45, 2.75) is 32.5 Å². The number of rotatable bonds is 3. The number of nitrogens with one attached hydrogen (secondary N) is 1. The molecule has 2 rings (SSSR count). The van der Waals surface area contributed by atoms with Crippen molar-refractivity contribution >= 4 is 6.03 Å². The standard InChI is InChI=1S/C13H17F2N3O/c1-8(2-3-16)17-13(19)18-6-9-4-11(14)12(15)5-10(9)7-18/h4-5,8H,2-3,6-7,16H2,1H3,(H,17,19). The summed E-state index contributed by atoms with van der Waals surface area (Å²) >= 11 is 0. The van der Waals surface area contributed by atoms with E-state index in [-0.39, 0.29) is 12.1 Å². The van der Waals surface area contributed by atoms with Gasteiger partial charge in [-0.05, 0) is 43.1 Å². The molecular weight excluding hydrogens is 252 g/mol. The van der Waals surface area contributed by atoms with Crippen LogP contribution in [0.15, 0.2) is 12.1 Å². The average molecular weight is 269 g/mol. The van der Waals surface area contributed by atoms with Gasteiger partial charge in [0.05, 0.1) is 0 Å². The molecule has 19 heavy (non-hydrogen) atoms. The lowest BCUT2D eigenvalue weighted by atomic mass is 10.1. The highest BCUT2D eigenvalue weighted by atomic mass is 19.2. The molecule has 104 valence electrons. The lowest BCUT2D eigenvalue weighted by Crippen LogP contribution is -2.42. The molecule has 1 aliphatic rings. The van der Waals surface area contributed by atoms with Crippen molar-refractivity contribution in [2.75, 3.05) is 6.54 Å². The van der Waals surface area contributed by atoms with Crippen molar-refractivity contribution in [1.29, 1.82) is 0 Å². The molecule has 0 aliphatic carbocycles. The number of amides is 2. The van der Waals surface area contributed by atoms with Crippen LogP contribution < -0.4 is 11.1 Å². The van der Waals surface area contributed by atoms with Gasteiger partial charge in [0.2, 0.25) is 0 Å². The molecule has 0 spiro atoms. The first-order valence-corrected chi connectivity index (χ1v) is 6.23. The molecule has 0 bridgehead atoms. The molecule has 1 aromatic rings. The lowest BCUT2D eigenvalue weighted by Gasteiger charge is -2.20. The molecule has 1 atom stereocenters. The number of carbonyl (C=O) groups excluding carboxylic acids is 1. The maximum atomic E-state index is 13.1. The van der Waals surface area contributed by atoms with Gasteiger partial charge in [0.25, 0.3) is 0 Å². The Balaban J connectivity index is 2.01. The number of hydrogen-bond acceptors (Lipinski definition) is 2. The predicted molar refractivity (Wildman–Crippen MR) is 67.3 cm³/mol. The first kappa shape index (κ1) is 13.7. The van der Waals surface area contributed by atoms with Crippen molar-refractivity contribution in [1.82, 2.24) is 10.2 Å². The van der Waals surface area contributed by atoms with Crippen LogP contribution in [0.25, 0.3) is 0 Å². The minimum absolute atomic E-state index is 0.0188. The van der Waals surface area contributed by atoms with E-state index in [1.807, 2.05) is 6.92 Å². The first-order valence-electron chi connectivity index (χ1n) is 6.23. The average Bonchev–Trinajstić information content (AvgIpc) is 2.73. The van der Waals surface area contributed by atoms with Crippen LogP contribution in [0.2, 0.25) is 0 Å². The quantitative estimate of drug-likeness (QED) is 0.878. The third kappa shape index (κ3) is 3.01. The zero-order valence-electron chi connectivity index (χ0n) is 10.7. The molecule has 1 aromatic carbocycles. The van der Waals surface area contributed by atoms with Gasteiger partial charge < -0.3 is 16.0 Å². The molecule has 1 aliphatic heterocycles. The van der Waals surface area contributed by atoms with Crippen LogP contribution >= 0.6 is 0 Å². The Labute approximate surface area is 110 Å². The lowest BCUT2D eigenvalue weighted by molar-refractivity contribution is 0.194. The number of halogens is 2. The molecular formula is C13H17F2N3O.